The van der Waals surface area contributed by atoms with E-state index in [9.17, 15) is 9.59 Å². The second kappa shape index (κ2) is 8.27. The summed E-state index contributed by atoms with van der Waals surface area (Å²) in [5.41, 5.74) is 2.63. The smallest absolute Gasteiger partial charge is 0.321 e. The molecule has 4 rings (SSSR count). The number of ether oxygens (including phenoxy) is 2. The molecule has 0 aliphatic carbocycles. The van der Waals surface area contributed by atoms with Gasteiger partial charge < -0.3 is 24.6 Å². The largest absolute Gasteiger partial charge is 0.380 e. The van der Waals surface area contributed by atoms with E-state index in [0.717, 1.165) is 39.1 Å². The number of urea groups is 1. The lowest BCUT2D eigenvalue weighted by Crippen LogP contribution is -2.54. The molecular formula is C20H27N3O4. The molecule has 0 unspecified atom stereocenters. The average Bonchev–Trinajstić information content (AvgIpc) is 2.59. The third kappa shape index (κ3) is 4.25. The van der Waals surface area contributed by atoms with Gasteiger partial charge in [0, 0.05) is 38.0 Å². The highest BCUT2D eigenvalue weighted by molar-refractivity contribution is 5.77. The van der Waals surface area contributed by atoms with Crippen LogP contribution >= 0.6 is 0 Å². The van der Waals surface area contributed by atoms with Crippen molar-refractivity contribution in [3.63, 3.8) is 0 Å². The Labute approximate surface area is 159 Å². The fraction of sp³-hybridized carbons (Fsp3) is 0.600. The molecule has 3 saturated heterocycles. The number of rotatable bonds is 2. The quantitative estimate of drug-likeness (QED) is 0.853. The molecule has 146 valence electrons. The molecule has 27 heavy (non-hydrogen) atoms. The first kappa shape index (κ1) is 18.3. The van der Waals surface area contributed by atoms with E-state index in [1.54, 1.807) is 4.90 Å². The molecule has 3 aliphatic rings. The first-order valence-electron chi connectivity index (χ1n) is 9.76. The van der Waals surface area contributed by atoms with Gasteiger partial charge in [0.2, 0.25) is 5.91 Å². The third-order valence-corrected chi connectivity index (χ3v) is 5.60. The summed E-state index contributed by atoms with van der Waals surface area (Å²) in [5, 5.41) is 2.80. The van der Waals surface area contributed by atoms with Crippen molar-refractivity contribution in [2.75, 3.05) is 52.7 Å². The summed E-state index contributed by atoms with van der Waals surface area (Å²) in [7, 11) is 0. The van der Waals surface area contributed by atoms with Crippen molar-refractivity contribution < 1.29 is 19.1 Å². The highest BCUT2D eigenvalue weighted by Crippen LogP contribution is 2.30. The molecule has 0 atom stereocenters. The van der Waals surface area contributed by atoms with Gasteiger partial charge in [0.15, 0.2) is 0 Å². The Bertz CT molecular complexity index is 668. The van der Waals surface area contributed by atoms with Crippen molar-refractivity contribution in [3.8, 4) is 0 Å². The van der Waals surface area contributed by atoms with Gasteiger partial charge in [-0.3, -0.25) is 4.79 Å². The van der Waals surface area contributed by atoms with E-state index >= 15 is 0 Å². The predicted octanol–water partition coefficient (Wildman–Crippen LogP) is 1.51. The van der Waals surface area contributed by atoms with Crippen LogP contribution in [0.2, 0.25) is 0 Å². The van der Waals surface area contributed by atoms with Crippen molar-refractivity contribution in [1.29, 1.82) is 0 Å². The number of carbonyl (C=O) groups is 2. The van der Waals surface area contributed by atoms with E-state index in [4.69, 9.17) is 9.47 Å². The van der Waals surface area contributed by atoms with E-state index in [2.05, 4.69) is 29.6 Å². The summed E-state index contributed by atoms with van der Waals surface area (Å²) in [5.74, 6) is 0.819. The predicted molar refractivity (Wildman–Crippen MR) is 99.5 cm³/mol. The molecular weight excluding hydrogens is 346 g/mol. The first-order valence-corrected chi connectivity index (χ1v) is 9.76. The molecule has 3 aliphatic heterocycles. The van der Waals surface area contributed by atoms with Crippen molar-refractivity contribution >= 4 is 11.9 Å². The zero-order valence-electron chi connectivity index (χ0n) is 15.6. The van der Waals surface area contributed by atoms with Crippen molar-refractivity contribution in [2.24, 2.45) is 0 Å². The third-order valence-electron chi connectivity index (χ3n) is 5.60. The zero-order chi connectivity index (χ0) is 18.6. The van der Waals surface area contributed by atoms with Gasteiger partial charge >= 0.3 is 6.03 Å². The van der Waals surface area contributed by atoms with Gasteiger partial charge in [-0.15, -0.1) is 0 Å². The molecule has 3 amide bonds. The molecule has 0 saturated carbocycles. The molecule has 0 aromatic heterocycles. The molecule has 0 spiro atoms. The Hall–Kier alpha value is -2.12. The van der Waals surface area contributed by atoms with Gasteiger partial charge in [0.1, 0.15) is 13.3 Å². The highest BCUT2D eigenvalue weighted by Gasteiger charge is 2.34. The number of nitrogens with zero attached hydrogens (tertiary/aromatic N) is 2. The fourth-order valence-electron chi connectivity index (χ4n) is 3.68. The maximum Gasteiger partial charge on any atom is 0.321 e. The molecule has 7 heteroatoms. The van der Waals surface area contributed by atoms with Crippen LogP contribution in [0.5, 0.6) is 0 Å². The van der Waals surface area contributed by atoms with Crippen LogP contribution in [0.1, 0.15) is 35.8 Å². The van der Waals surface area contributed by atoms with Crippen LogP contribution in [-0.2, 0) is 14.3 Å². The topological polar surface area (TPSA) is 71.1 Å². The normalized spacial score (nSPS) is 22.6. The van der Waals surface area contributed by atoms with Crippen LogP contribution in [0.25, 0.3) is 0 Å². The van der Waals surface area contributed by atoms with Gasteiger partial charge in [-0.05, 0) is 24.0 Å². The average molecular weight is 373 g/mol. The van der Waals surface area contributed by atoms with Crippen LogP contribution < -0.4 is 5.32 Å². The van der Waals surface area contributed by atoms with E-state index in [1.807, 2.05) is 4.90 Å². The van der Waals surface area contributed by atoms with E-state index in [0.29, 0.717) is 24.9 Å². The summed E-state index contributed by atoms with van der Waals surface area (Å²) in [6.45, 7) is 4.60. The minimum absolute atomic E-state index is 0.00475. The van der Waals surface area contributed by atoms with Gasteiger partial charge in [-0.25, -0.2) is 4.79 Å². The van der Waals surface area contributed by atoms with Gasteiger partial charge in [-0.2, -0.15) is 0 Å². The Morgan fingerprint density at radius 1 is 0.963 bits per heavy atom. The van der Waals surface area contributed by atoms with Crippen LogP contribution in [0.3, 0.4) is 0 Å². The highest BCUT2D eigenvalue weighted by atomic mass is 16.5. The van der Waals surface area contributed by atoms with Gasteiger partial charge in [-0.1, -0.05) is 24.3 Å². The molecule has 1 N–H and O–H groups in total. The summed E-state index contributed by atoms with van der Waals surface area (Å²) in [6, 6.07) is 8.76. The Balaban J connectivity index is 1.28. The van der Waals surface area contributed by atoms with E-state index in [1.165, 1.54) is 11.1 Å². The summed E-state index contributed by atoms with van der Waals surface area (Å²) in [6.07, 6.45) is 1.73. The van der Waals surface area contributed by atoms with Crippen LogP contribution in [0.4, 0.5) is 4.79 Å². The number of hydrogen-bond donors (Lipinski definition) is 1. The molecule has 3 heterocycles. The Morgan fingerprint density at radius 2 is 1.67 bits per heavy atom. The molecule has 0 bridgehead atoms. The SMILES string of the molecule is O=C1COCN(C(=O)N2CC(c3ccc(C4COC4)cc3)C2)CCCCN1. The summed E-state index contributed by atoms with van der Waals surface area (Å²) < 4.78 is 10.6. The maximum absolute atomic E-state index is 12.7. The Kier molecular flexibility index (Phi) is 5.59. The van der Waals surface area contributed by atoms with E-state index in [-0.39, 0.29) is 25.3 Å². The number of likely N-dealkylation sites (tertiary alicyclic amines) is 1. The Morgan fingerprint density at radius 3 is 2.33 bits per heavy atom. The lowest BCUT2D eigenvalue weighted by molar-refractivity contribution is -0.127. The summed E-state index contributed by atoms with van der Waals surface area (Å²) >= 11 is 0. The first-order chi connectivity index (χ1) is 13.2. The second-order valence-electron chi connectivity index (χ2n) is 7.58. The maximum atomic E-state index is 12.7. The minimum atomic E-state index is -0.120. The van der Waals surface area contributed by atoms with Crippen molar-refractivity contribution in [3.05, 3.63) is 35.4 Å². The fourth-order valence-corrected chi connectivity index (χ4v) is 3.68. The molecule has 0 radical (unpaired) electrons. The molecule has 1 aromatic carbocycles. The lowest BCUT2D eigenvalue weighted by atomic mass is 9.89. The van der Waals surface area contributed by atoms with Crippen LogP contribution in [0.15, 0.2) is 24.3 Å². The van der Waals surface area contributed by atoms with E-state index < -0.39 is 0 Å². The molecule has 3 fully saturated rings. The standard InChI is InChI=1S/C20H27N3O4/c24-19-13-27-14-22(8-2-1-7-21-19)20(25)23-9-17(10-23)15-3-5-16(6-4-15)18-11-26-12-18/h3-6,17-18H,1-2,7-14H2,(H,21,24). The molecule has 1 aromatic rings. The number of benzene rings is 1. The monoisotopic (exact) mass is 373 g/mol. The number of amides is 3. The zero-order valence-corrected chi connectivity index (χ0v) is 15.6. The number of hydrogen-bond acceptors (Lipinski definition) is 4. The van der Waals surface area contributed by atoms with Crippen LogP contribution in [0, 0.1) is 0 Å². The van der Waals surface area contributed by atoms with Gasteiger partial charge in [0.25, 0.3) is 0 Å². The van der Waals surface area contributed by atoms with Crippen LogP contribution in [-0.4, -0.2) is 74.5 Å². The van der Waals surface area contributed by atoms with Crippen molar-refractivity contribution in [1.82, 2.24) is 15.1 Å². The minimum Gasteiger partial charge on any atom is -0.380 e. The second-order valence-corrected chi connectivity index (χ2v) is 7.58. The number of nitrogens with one attached hydrogen (secondary N) is 1. The van der Waals surface area contributed by atoms with Crippen molar-refractivity contribution in [2.45, 2.75) is 24.7 Å². The summed E-state index contributed by atoms with van der Waals surface area (Å²) in [4.78, 5) is 27.8. The lowest BCUT2D eigenvalue weighted by Gasteiger charge is -2.42. The molecule has 7 nitrogen and oxygen atoms in total. The number of carbonyl (C=O) groups excluding carboxylic acids is 2. The van der Waals surface area contributed by atoms with Gasteiger partial charge in [0.05, 0.1) is 13.2 Å².